The summed E-state index contributed by atoms with van der Waals surface area (Å²) in [5.74, 6) is 1.21. The van der Waals surface area contributed by atoms with Crippen molar-refractivity contribution in [3.63, 3.8) is 0 Å². The summed E-state index contributed by atoms with van der Waals surface area (Å²) in [4.78, 5) is 12.1. The fraction of sp³-hybridized carbons (Fsp3) is 0.185. The van der Waals surface area contributed by atoms with Crippen LogP contribution in [0.3, 0.4) is 0 Å². The molecular weight excluding hydrogens is 467 g/mol. The minimum atomic E-state index is -0.211. The summed E-state index contributed by atoms with van der Waals surface area (Å²) < 4.78 is 6.11. The van der Waals surface area contributed by atoms with E-state index >= 15 is 0 Å². The van der Waals surface area contributed by atoms with Crippen molar-refractivity contribution < 1.29 is 4.42 Å². The summed E-state index contributed by atoms with van der Waals surface area (Å²) in [7, 11) is 4.11. The molecule has 2 N–H and O–H groups in total. The molecule has 176 valence electrons. The summed E-state index contributed by atoms with van der Waals surface area (Å²) in [5, 5.41) is 2.01. The fourth-order valence-corrected chi connectivity index (χ4v) is 4.05. The van der Waals surface area contributed by atoms with Gasteiger partial charge in [0.25, 0.3) is 0 Å². The van der Waals surface area contributed by atoms with Gasteiger partial charge in [-0.3, -0.25) is 0 Å². The number of halogens is 2. The number of benzene rings is 3. The Bertz CT molecular complexity index is 1350. The molecule has 7 heteroatoms. The molecule has 5 rings (SSSR count). The zero-order valence-electron chi connectivity index (χ0n) is 19.1. The van der Waals surface area contributed by atoms with E-state index in [1.807, 2.05) is 48.5 Å². The number of nitrogens with two attached hydrogens (primary N) is 1. The van der Waals surface area contributed by atoms with Crippen LogP contribution >= 0.6 is 24.8 Å². The molecule has 0 aliphatic rings. The first-order chi connectivity index (χ1) is 15.6. The average Bonchev–Trinajstić information content (AvgIpc) is 3.26. The average molecular weight is 495 g/mol. The number of hydrogen-bond acceptors (Lipinski definition) is 5. The number of furan rings is 1. The van der Waals surface area contributed by atoms with Crippen LogP contribution in [-0.2, 0) is 0 Å². The number of rotatable bonds is 6. The SMILES string of the molecule is CN(C)CCC(N)c1nc(-c2cc3ccccc3o2)nc2c(-c3ccccc3)cccc12.Cl.Cl. The van der Waals surface area contributed by atoms with E-state index in [1.165, 1.54) is 0 Å². The van der Waals surface area contributed by atoms with Gasteiger partial charge in [0.2, 0.25) is 0 Å². The number of hydrogen-bond donors (Lipinski definition) is 1. The van der Waals surface area contributed by atoms with E-state index in [2.05, 4.69) is 49.3 Å². The highest BCUT2D eigenvalue weighted by Crippen LogP contribution is 2.34. The van der Waals surface area contributed by atoms with E-state index in [0.29, 0.717) is 11.6 Å². The van der Waals surface area contributed by atoms with Crippen LogP contribution in [0.2, 0.25) is 0 Å². The summed E-state index contributed by atoms with van der Waals surface area (Å²) >= 11 is 0. The predicted octanol–water partition coefficient (Wildman–Crippen LogP) is 6.51. The van der Waals surface area contributed by atoms with Crippen molar-refractivity contribution in [1.29, 1.82) is 0 Å². The topological polar surface area (TPSA) is 68.2 Å². The summed E-state index contributed by atoms with van der Waals surface area (Å²) in [6, 6.07) is 26.3. The number of nitrogens with zero attached hydrogens (tertiary/aromatic N) is 3. The maximum absolute atomic E-state index is 6.67. The summed E-state index contributed by atoms with van der Waals surface area (Å²) in [6.07, 6.45) is 0.800. The van der Waals surface area contributed by atoms with Gasteiger partial charge in [0, 0.05) is 22.4 Å². The Kier molecular flexibility index (Phi) is 8.28. The second-order valence-corrected chi connectivity index (χ2v) is 8.35. The molecule has 5 aromatic rings. The number of aromatic nitrogens is 2. The normalized spacial score (nSPS) is 11.9. The van der Waals surface area contributed by atoms with E-state index in [1.54, 1.807) is 0 Å². The van der Waals surface area contributed by atoms with Crippen molar-refractivity contribution in [3.8, 4) is 22.7 Å². The van der Waals surface area contributed by atoms with E-state index in [-0.39, 0.29) is 30.9 Å². The van der Waals surface area contributed by atoms with Gasteiger partial charge in [-0.05, 0) is 44.8 Å². The molecule has 0 radical (unpaired) electrons. The molecule has 34 heavy (non-hydrogen) atoms. The third-order valence-corrected chi connectivity index (χ3v) is 5.73. The first-order valence-corrected chi connectivity index (χ1v) is 10.9. The Labute approximate surface area is 211 Å². The van der Waals surface area contributed by atoms with Crippen LogP contribution < -0.4 is 5.73 Å². The van der Waals surface area contributed by atoms with Crippen molar-refractivity contribution in [1.82, 2.24) is 14.9 Å². The molecule has 0 bridgehead atoms. The van der Waals surface area contributed by atoms with E-state index in [0.717, 1.165) is 51.7 Å². The Morgan fingerprint density at radius 2 is 1.62 bits per heavy atom. The summed E-state index contributed by atoms with van der Waals surface area (Å²) in [5.41, 5.74) is 11.4. The second-order valence-electron chi connectivity index (χ2n) is 8.35. The molecule has 5 nitrogen and oxygen atoms in total. The maximum Gasteiger partial charge on any atom is 0.196 e. The first-order valence-electron chi connectivity index (χ1n) is 10.9. The summed E-state index contributed by atoms with van der Waals surface area (Å²) in [6.45, 7) is 0.880. The van der Waals surface area contributed by atoms with Crippen molar-refractivity contribution in [2.75, 3.05) is 20.6 Å². The van der Waals surface area contributed by atoms with Gasteiger partial charge < -0.3 is 15.1 Å². The molecule has 0 spiro atoms. The van der Waals surface area contributed by atoms with Crippen molar-refractivity contribution in [2.24, 2.45) is 5.73 Å². The van der Waals surface area contributed by atoms with Gasteiger partial charge in [-0.2, -0.15) is 0 Å². The highest BCUT2D eigenvalue weighted by atomic mass is 35.5. The standard InChI is InChI=1S/C27H26N4O.2ClH/c1-31(2)16-15-22(28)26-21-13-8-12-20(18-9-4-3-5-10-18)25(21)29-27(30-26)24-17-19-11-6-7-14-23(19)32-24;;/h3-14,17,22H,15-16,28H2,1-2H3;2*1H. The molecule has 0 amide bonds. The van der Waals surface area contributed by atoms with Gasteiger partial charge in [0.05, 0.1) is 11.2 Å². The van der Waals surface area contributed by atoms with Crippen LogP contribution in [0.15, 0.2) is 83.3 Å². The van der Waals surface area contributed by atoms with Crippen LogP contribution in [0.5, 0.6) is 0 Å². The van der Waals surface area contributed by atoms with Crippen LogP contribution in [0.4, 0.5) is 0 Å². The number of fused-ring (bicyclic) bond motifs is 2. The highest BCUT2D eigenvalue weighted by Gasteiger charge is 2.19. The van der Waals surface area contributed by atoms with Crippen LogP contribution in [0.1, 0.15) is 18.2 Å². The monoisotopic (exact) mass is 494 g/mol. The zero-order chi connectivity index (χ0) is 22.1. The predicted molar refractivity (Wildman–Crippen MR) is 145 cm³/mol. The molecule has 2 heterocycles. The van der Waals surface area contributed by atoms with Gasteiger partial charge in [-0.15, -0.1) is 24.8 Å². The minimum Gasteiger partial charge on any atom is -0.453 e. The van der Waals surface area contributed by atoms with E-state index < -0.39 is 0 Å². The first kappa shape index (κ1) is 25.7. The van der Waals surface area contributed by atoms with Gasteiger partial charge in [0.15, 0.2) is 11.6 Å². The molecule has 0 saturated heterocycles. The van der Waals surface area contributed by atoms with Crippen LogP contribution in [0.25, 0.3) is 44.6 Å². The second kappa shape index (κ2) is 11.0. The van der Waals surface area contributed by atoms with Crippen LogP contribution in [0, 0.1) is 0 Å². The quantitative estimate of drug-likeness (QED) is 0.291. The Morgan fingerprint density at radius 3 is 2.35 bits per heavy atom. The molecule has 0 fully saturated rings. The van der Waals surface area contributed by atoms with E-state index in [9.17, 15) is 0 Å². The Balaban J connectivity index is 0.00000162. The highest BCUT2D eigenvalue weighted by molar-refractivity contribution is 5.96. The van der Waals surface area contributed by atoms with Gasteiger partial charge in [-0.25, -0.2) is 9.97 Å². The lowest BCUT2D eigenvalue weighted by atomic mass is 9.98. The molecule has 1 atom stereocenters. The van der Waals surface area contributed by atoms with E-state index in [4.69, 9.17) is 20.1 Å². The molecule has 1 unspecified atom stereocenters. The fourth-order valence-electron chi connectivity index (χ4n) is 4.05. The van der Waals surface area contributed by atoms with Crippen LogP contribution in [-0.4, -0.2) is 35.5 Å². The molecule has 0 saturated carbocycles. The largest absolute Gasteiger partial charge is 0.453 e. The third kappa shape index (κ3) is 5.08. The molecular formula is C27H28Cl2N4O. The Morgan fingerprint density at radius 1 is 0.882 bits per heavy atom. The lowest BCUT2D eigenvalue weighted by molar-refractivity contribution is 0.381. The smallest absolute Gasteiger partial charge is 0.196 e. The third-order valence-electron chi connectivity index (χ3n) is 5.73. The van der Waals surface area contributed by atoms with Gasteiger partial charge in [0.1, 0.15) is 5.58 Å². The molecule has 3 aromatic carbocycles. The lowest BCUT2D eigenvalue weighted by Crippen LogP contribution is -2.21. The number of para-hydroxylation sites is 2. The van der Waals surface area contributed by atoms with Crippen molar-refractivity contribution in [3.05, 3.63) is 84.6 Å². The molecule has 2 aromatic heterocycles. The van der Waals surface area contributed by atoms with Crippen molar-refractivity contribution in [2.45, 2.75) is 12.5 Å². The lowest BCUT2D eigenvalue weighted by Gasteiger charge is -2.18. The van der Waals surface area contributed by atoms with Gasteiger partial charge >= 0.3 is 0 Å². The Hall–Kier alpha value is -2.96. The van der Waals surface area contributed by atoms with Crippen molar-refractivity contribution >= 4 is 46.7 Å². The minimum absolute atomic E-state index is 0. The zero-order valence-corrected chi connectivity index (χ0v) is 20.8. The maximum atomic E-state index is 6.67. The van der Waals surface area contributed by atoms with Gasteiger partial charge in [-0.1, -0.05) is 66.7 Å². The molecule has 0 aliphatic heterocycles. The molecule has 0 aliphatic carbocycles.